The number of allylic oxidation sites excluding steroid dienone is 10. The molecular formula is C75H136O6. The standard InChI is InChI=1S/C75H136O6/c1-4-7-10-13-16-19-22-25-28-31-33-34-35-36-37-38-39-40-42-44-47-50-53-56-59-62-65-68-74(77)80-71-72(70-79-73(76)67-64-61-58-55-52-49-46-43-30-27-24-21-18-15-12-9-6-3)81-75(78)69-66-63-60-57-54-51-48-45-41-32-29-26-23-20-17-14-11-8-5-2/h17,20,26-27,29-31,33,41,45,72H,4-16,18-19,21-25,28,32,34-40,42-44,46-71H2,1-3H3/b20-17-,29-26-,30-27-,33-31-,45-41-. The van der Waals surface area contributed by atoms with Crippen molar-refractivity contribution < 1.29 is 28.6 Å². The topological polar surface area (TPSA) is 78.9 Å². The highest BCUT2D eigenvalue weighted by Crippen LogP contribution is 2.18. The normalized spacial score (nSPS) is 12.4. The van der Waals surface area contributed by atoms with Gasteiger partial charge in [0.15, 0.2) is 6.10 Å². The molecule has 0 aromatic heterocycles. The molecular weight excluding hydrogens is 997 g/mol. The van der Waals surface area contributed by atoms with Gasteiger partial charge in [-0.25, -0.2) is 0 Å². The summed E-state index contributed by atoms with van der Waals surface area (Å²) in [4.78, 5) is 38.5. The largest absolute Gasteiger partial charge is 0.462 e. The molecule has 0 aromatic carbocycles. The zero-order valence-electron chi connectivity index (χ0n) is 54.3. The van der Waals surface area contributed by atoms with Gasteiger partial charge in [0.25, 0.3) is 0 Å². The van der Waals surface area contributed by atoms with Crippen LogP contribution in [-0.2, 0) is 28.6 Å². The average molecular weight is 1130 g/mol. The van der Waals surface area contributed by atoms with E-state index in [0.717, 1.165) is 83.5 Å². The maximum absolute atomic E-state index is 13.0. The predicted molar refractivity (Wildman–Crippen MR) is 353 cm³/mol. The van der Waals surface area contributed by atoms with Gasteiger partial charge in [0.2, 0.25) is 0 Å². The molecule has 81 heavy (non-hydrogen) atoms. The summed E-state index contributed by atoms with van der Waals surface area (Å²) in [6.07, 6.45) is 89.6. The fraction of sp³-hybridized carbons (Fsp3) is 0.827. The zero-order valence-corrected chi connectivity index (χ0v) is 54.3. The molecule has 0 bridgehead atoms. The van der Waals surface area contributed by atoms with Crippen molar-refractivity contribution in [2.45, 2.75) is 386 Å². The smallest absolute Gasteiger partial charge is 0.306 e. The maximum atomic E-state index is 13.0. The molecule has 472 valence electrons. The molecule has 0 aromatic rings. The molecule has 0 aliphatic rings. The first-order valence-corrected chi connectivity index (χ1v) is 35.8. The Morgan fingerprint density at radius 2 is 0.444 bits per heavy atom. The molecule has 0 N–H and O–H groups in total. The Hall–Kier alpha value is -2.89. The van der Waals surface area contributed by atoms with E-state index in [2.05, 4.69) is 81.5 Å². The molecule has 0 fully saturated rings. The van der Waals surface area contributed by atoms with E-state index in [9.17, 15) is 14.4 Å². The molecule has 1 atom stereocenters. The summed E-state index contributed by atoms with van der Waals surface area (Å²) in [5, 5.41) is 0. The summed E-state index contributed by atoms with van der Waals surface area (Å²) in [5.74, 6) is -0.872. The van der Waals surface area contributed by atoms with E-state index >= 15 is 0 Å². The van der Waals surface area contributed by atoms with Gasteiger partial charge in [-0.2, -0.15) is 0 Å². The Labute approximate surface area is 504 Å². The van der Waals surface area contributed by atoms with Crippen LogP contribution in [0.5, 0.6) is 0 Å². The van der Waals surface area contributed by atoms with Gasteiger partial charge in [0.1, 0.15) is 13.2 Å². The molecule has 0 aliphatic carbocycles. The van der Waals surface area contributed by atoms with E-state index in [1.165, 1.54) is 257 Å². The number of carbonyl (C=O) groups is 3. The van der Waals surface area contributed by atoms with Crippen molar-refractivity contribution in [3.63, 3.8) is 0 Å². The van der Waals surface area contributed by atoms with Crippen LogP contribution in [0.25, 0.3) is 0 Å². The lowest BCUT2D eigenvalue weighted by molar-refractivity contribution is -0.167. The number of hydrogen-bond donors (Lipinski definition) is 0. The quantitative estimate of drug-likeness (QED) is 0.0261. The summed E-state index contributed by atoms with van der Waals surface area (Å²) in [5.41, 5.74) is 0. The minimum absolute atomic E-state index is 0.0780. The monoisotopic (exact) mass is 1130 g/mol. The molecule has 0 radical (unpaired) electrons. The van der Waals surface area contributed by atoms with Gasteiger partial charge in [-0.15, -0.1) is 0 Å². The molecule has 1 unspecified atom stereocenters. The lowest BCUT2D eigenvalue weighted by Crippen LogP contribution is -2.30. The van der Waals surface area contributed by atoms with Crippen LogP contribution in [0.2, 0.25) is 0 Å². The van der Waals surface area contributed by atoms with Crippen LogP contribution in [0.4, 0.5) is 0 Å². The van der Waals surface area contributed by atoms with Crippen LogP contribution in [-0.4, -0.2) is 37.2 Å². The molecule has 6 heteroatoms. The Kier molecular flexibility index (Phi) is 67.1. The molecule has 0 heterocycles. The number of esters is 3. The number of ether oxygens (including phenoxy) is 3. The fourth-order valence-electron chi connectivity index (χ4n) is 10.6. The van der Waals surface area contributed by atoms with Gasteiger partial charge < -0.3 is 14.2 Å². The van der Waals surface area contributed by atoms with Crippen LogP contribution in [0.15, 0.2) is 60.8 Å². The Morgan fingerprint density at radius 1 is 0.247 bits per heavy atom. The van der Waals surface area contributed by atoms with Gasteiger partial charge >= 0.3 is 17.9 Å². The molecule has 6 nitrogen and oxygen atoms in total. The number of unbranched alkanes of at least 4 members (excludes halogenated alkanes) is 45. The van der Waals surface area contributed by atoms with Gasteiger partial charge in [-0.05, 0) is 109 Å². The van der Waals surface area contributed by atoms with Crippen LogP contribution >= 0.6 is 0 Å². The Balaban J connectivity index is 4.30. The van der Waals surface area contributed by atoms with Gasteiger partial charge in [-0.1, -0.05) is 313 Å². The molecule has 0 saturated carbocycles. The third-order valence-electron chi connectivity index (χ3n) is 16.0. The highest BCUT2D eigenvalue weighted by atomic mass is 16.6. The second-order valence-electron chi connectivity index (χ2n) is 24.1. The Bertz CT molecular complexity index is 1440. The highest BCUT2D eigenvalue weighted by Gasteiger charge is 2.19. The van der Waals surface area contributed by atoms with Crippen LogP contribution in [0.1, 0.15) is 380 Å². The summed E-state index contributed by atoms with van der Waals surface area (Å²) >= 11 is 0. The van der Waals surface area contributed by atoms with Gasteiger partial charge in [-0.3, -0.25) is 14.4 Å². The van der Waals surface area contributed by atoms with Crippen molar-refractivity contribution >= 4 is 17.9 Å². The lowest BCUT2D eigenvalue weighted by atomic mass is 10.0. The van der Waals surface area contributed by atoms with Crippen LogP contribution in [0.3, 0.4) is 0 Å². The van der Waals surface area contributed by atoms with E-state index < -0.39 is 6.10 Å². The molecule has 0 saturated heterocycles. The predicted octanol–water partition coefficient (Wildman–Crippen LogP) is 24.7. The summed E-state index contributed by atoms with van der Waals surface area (Å²) < 4.78 is 17.0. The van der Waals surface area contributed by atoms with Crippen molar-refractivity contribution in [3.05, 3.63) is 60.8 Å². The highest BCUT2D eigenvalue weighted by molar-refractivity contribution is 5.71. The second-order valence-corrected chi connectivity index (χ2v) is 24.1. The minimum Gasteiger partial charge on any atom is -0.462 e. The third kappa shape index (κ3) is 67.8. The number of hydrogen-bond acceptors (Lipinski definition) is 6. The van der Waals surface area contributed by atoms with E-state index in [1.807, 2.05) is 0 Å². The van der Waals surface area contributed by atoms with Gasteiger partial charge in [0.05, 0.1) is 0 Å². The molecule has 0 amide bonds. The average Bonchev–Trinajstić information content (AvgIpc) is 3.47. The second kappa shape index (κ2) is 69.6. The summed E-state index contributed by atoms with van der Waals surface area (Å²) in [7, 11) is 0. The molecule has 0 aliphatic heterocycles. The van der Waals surface area contributed by atoms with Crippen LogP contribution in [0, 0.1) is 0 Å². The number of rotatable bonds is 66. The molecule has 0 rings (SSSR count). The third-order valence-corrected chi connectivity index (χ3v) is 16.0. The zero-order chi connectivity index (χ0) is 58.5. The lowest BCUT2D eigenvalue weighted by Gasteiger charge is -2.18. The number of carbonyl (C=O) groups excluding carboxylic acids is 3. The van der Waals surface area contributed by atoms with Crippen LogP contribution < -0.4 is 0 Å². The fourth-order valence-corrected chi connectivity index (χ4v) is 10.6. The van der Waals surface area contributed by atoms with Crippen molar-refractivity contribution in [2.24, 2.45) is 0 Å². The van der Waals surface area contributed by atoms with E-state index in [-0.39, 0.29) is 31.1 Å². The van der Waals surface area contributed by atoms with Crippen molar-refractivity contribution in [1.82, 2.24) is 0 Å². The Morgan fingerprint density at radius 3 is 0.728 bits per heavy atom. The van der Waals surface area contributed by atoms with Gasteiger partial charge in [0, 0.05) is 19.3 Å². The minimum atomic E-state index is -0.784. The maximum Gasteiger partial charge on any atom is 0.306 e. The van der Waals surface area contributed by atoms with E-state index in [1.54, 1.807) is 0 Å². The first-order chi connectivity index (χ1) is 40.0. The summed E-state index contributed by atoms with van der Waals surface area (Å²) in [6.45, 7) is 6.65. The summed E-state index contributed by atoms with van der Waals surface area (Å²) in [6, 6.07) is 0. The first-order valence-electron chi connectivity index (χ1n) is 35.8. The SMILES string of the molecule is CCCCC/C=C\C/C=C\C/C=C\CCCCCCCCC(=O)OC(COC(=O)CCCCCCCCC/C=C\CCCCCCCC)COC(=O)CCCCCCCCCCCCCCCCC/C=C\CCCCCCCCCC. The van der Waals surface area contributed by atoms with Crippen molar-refractivity contribution in [2.75, 3.05) is 13.2 Å². The van der Waals surface area contributed by atoms with E-state index in [0.29, 0.717) is 19.3 Å². The van der Waals surface area contributed by atoms with Crippen molar-refractivity contribution in [1.29, 1.82) is 0 Å². The molecule has 0 spiro atoms. The van der Waals surface area contributed by atoms with E-state index in [4.69, 9.17) is 14.2 Å². The first kappa shape index (κ1) is 78.1. The van der Waals surface area contributed by atoms with Crippen molar-refractivity contribution in [3.8, 4) is 0 Å².